The first-order chi connectivity index (χ1) is 11.0. The van der Waals surface area contributed by atoms with E-state index in [4.69, 9.17) is 11.6 Å². The van der Waals surface area contributed by atoms with Crippen molar-refractivity contribution in [3.63, 3.8) is 0 Å². The first-order valence-corrected chi connectivity index (χ1v) is 8.03. The Morgan fingerprint density at radius 2 is 2.26 bits per heavy atom. The second-order valence-electron chi connectivity index (χ2n) is 5.78. The number of halogens is 2. The van der Waals surface area contributed by atoms with Crippen molar-refractivity contribution in [2.24, 2.45) is 0 Å². The van der Waals surface area contributed by atoms with Crippen molar-refractivity contribution in [1.29, 1.82) is 0 Å². The minimum Gasteiger partial charge on any atom is -0.354 e. The lowest BCUT2D eigenvalue weighted by Crippen LogP contribution is -2.48. The van der Waals surface area contributed by atoms with Gasteiger partial charge in [-0.1, -0.05) is 17.7 Å². The van der Waals surface area contributed by atoms with Crippen LogP contribution in [0.1, 0.15) is 24.8 Å². The zero-order chi connectivity index (χ0) is 16.8. The largest absolute Gasteiger partial charge is 0.354 e. The molecule has 1 unspecified atom stereocenters. The molecule has 1 aliphatic heterocycles. The van der Waals surface area contributed by atoms with Crippen LogP contribution in [0.15, 0.2) is 18.2 Å². The number of carbonyl (C=O) groups is 2. The fourth-order valence-electron chi connectivity index (χ4n) is 2.57. The molecule has 126 valence electrons. The molecular weight excluding hydrogens is 321 g/mol. The van der Waals surface area contributed by atoms with Crippen LogP contribution in [0.5, 0.6) is 0 Å². The van der Waals surface area contributed by atoms with Crippen molar-refractivity contribution in [1.82, 2.24) is 15.5 Å². The molecule has 1 heterocycles. The second-order valence-corrected chi connectivity index (χ2v) is 6.19. The zero-order valence-electron chi connectivity index (χ0n) is 13.1. The Morgan fingerprint density at radius 3 is 3.00 bits per heavy atom. The number of nitrogens with zero attached hydrogens (tertiary/aromatic N) is 1. The highest BCUT2D eigenvalue weighted by Crippen LogP contribution is 2.20. The number of amides is 2. The SMILES string of the molecule is CN(CC(=O)NC1CCCCNC1=O)Cc1c(F)cccc1Cl. The molecule has 2 amide bonds. The van der Waals surface area contributed by atoms with Gasteiger partial charge in [-0.25, -0.2) is 4.39 Å². The molecule has 0 aliphatic carbocycles. The van der Waals surface area contributed by atoms with Gasteiger partial charge >= 0.3 is 0 Å². The van der Waals surface area contributed by atoms with Gasteiger partial charge in [0.15, 0.2) is 0 Å². The van der Waals surface area contributed by atoms with E-state index in [0.29, 0.717) is 23.6 Å². The zero-order valence-corrected chi connectivity index (χ0v) is 13.8. The van der Waals surface area contributed by atoms with Crippen LogP contribution >= 0.6 is 11.6 Å². The molecule has 0 aromatic heterocycles. The van der Waals surface area contributed by atoms with Gasteiger partial charge in [0.25, 0.3) is 0 Å². The summed E-state index contributed by atoms with van der Waals surface area (Å²) in [5.41, 5.74) is 0.358. The third kappa shape index (κ3) is 5.18. The lowest BCUT2D eigenvalue weighted by Gasteiger charge is -2.20. The van der Waals surface area contributed by atoms with Gasteiger partial charge in [-0.15, -0.1) is 0 Å². The molecule has 0 radical (unpaired) electrons. The maximum Gasteiger partial charge on any atom is 0.242 e. The summed E-state index contributed by atoms with van der Waals surface area (Å²) in [5, 5.41) is 5.84. The minimum absolute atomic E-state index is 0.0639. The van der Waals surface area contributed by atoms with Gasteiger partial charge in [0.2, 0.25) is 11.8 Å². The highest BCUT2D eigenvalue weighted by Gasteiger charge is 2.23. The van der Waals surface area contributed by atoms with Crippen LogP contribution in [0.3, 0.4) is 0 Å². The van der Waals surface area contributed by atoms with Gasteiger partial charge in [-0.05, 0) is 38.4 Å². The Labute approximate surface area is 140 Å². The number of rotatable bonds is 5. The first-order valence-electron chi connectivity index (χ1n) is 7.66. The van der Waals surface area contributed by atoms with Gasteiger partial charge in [0.1, 0.15) is 11.9 Å². The van der Waals surface area contributed by atoms with Gasteiger partial charge in [0, 0.05) is 23.7 Å². The van der Waals surface area contributed by atoms with E-state index in [1.165, 1.54) is 6.07 Å². The number of hydrogen-bond acceptors (Lipinski definition) is 3. The molecule has 7 heteroatoms. The summed E-state index contributed by atoms with van der Waals surface area (Å²) >= 11 is 5.98. The van der Waals surface area contributed by atoms with Crippen LogP contribution < -0.4 is 10.6 Å². The smallest absolute Gasteiger partial charge is 0.242 e. The highest BCUT2D eigenvalue weighted by molar-refractivity contribution is 6.31. The lowest BCUT2D eigenvalue weighted by atomic mass is 10.1. The van der Waals surface area contributed by atoms with Crippen molar-refractivity contribution in [3.05, 3.63) is 34.6 Å². The molecule has 23 heavy (non-hydrogen) atoms. The van der Waals surface area contributed by atoms with Gasteiger partial charge < -0.3 is 10.6 Å². The van der Waals surface area contributed by atoms with Crippen LogP contribution in [-0.2, 0) is 16.1 Å². The van der Waals surface area contributed by atoms with Crippen molar-refractivity contribution < 1.29 is 14.0 Å². The van der Waals surface area contributed by atoms with Crippen LogP contribution in [-0.4, -0.2) is 42.9 Å². The summed E-state index contributed by atoms with van der Waals surface area (Å²) in [6.45, 7) is 0.932. The summed E-state index contributed by atoms with van der Waals surface area (Å²) in [6.07, 6.45) is 2.45. The molecule has 5 nitrogen and oxygen atoms in total. The van der Waals surface area contributed by atoms with Crippen molar-refractivity contribution in [2.45, 2.75) is 31.8 Å². The van der Waals surface area contributed by atoms with Crippen LogP contribution in [0.25, 0.3) is 0 Å². The second kappa shape index (κ2) is 8.26. The van der Waals surface area contributed by atoms with E-state index in [-0.39, 0.29) is 24.9 Å². The number of likely N-dealkylation sites (N-methyl/N-ethyl adjacent to an activating group) is 1. The Kier molecular flexibility index (Phi) is 6.36. The van der Waals surface area contributed by atoms with Crippen LogP contribution in [0.4, 0.5) is 4.39 Å². The topological polar surface area (TPSA) is 61.4 Å². The maximum absolute atomic E-state index is 13.8. The molecule has 1 fully saturated rings. The first kappa shape index (κ1) is 17.7. The van der Waals surface area contributed by atoms with Crippen molar-refractivity contribution in [3.8, 4) is 0 Å². The summed E-state index contributed by atoms with van der Waals surface area (Å²) in [4.78, 5) is 25.6. The third-order valence-corrected chi connectivity index (χ3v) is 4.13. The van der Waals surface area contributed by atoms with Crippen molar-refractivity contribution in [2.75, 3.05) is 20.1 Å². The fraction of sp³-hybridized carbons (Fsp3) is 0.500. The van der Waals surface area contributed by atoms with E-state index in [1.807, 2.05) is 0 Å². The van der Waals surface area contributed by atoms with Crippen LogP contribution in [0.2, 0.25) is 5.02 Å². The predicted molar refractivity (Wildman–Crippen MR) is 86.5 cm³/mol. The molecule has 1 aliphatic rings. The number of nitrogens with one attached hydrogen (secondary N) is 2. The van der Waals surface area contributed by atoms with Gasteiger partial charge in [-0.3, -0.25) is 14.5 Å². The van der Waals surface area contributed by atoms with E-state index in [2.05, 4.69) is 10.6 Å². The molecule has 2 N–H and O–H groups in total. The van der Waals surface area contributed by atoms with E-state index in [1.54, 1.807) is 24.1 Å². The molecule has 2 rings (SSSR count). The maximum atomic E-state index is 13.8. The van der Waals surface area contributed by atoms with Crippen LogP contribution in [0, 0.1) is 5.82 Å². The summed E-state index contributed by atoms with van der Waals surface area (Å²) in [5.74, 6) is -0.800. The van der Waals surface area contributed by atoms with Gasteiger partial charge in [-0.2, -0.15) is 0 Å². The Morgan fingerprint density at radius 1 is 1.48 bits per heavy atom. The third-order valence-electron chi connectivity index (χ3n) is 3.77. The van der Waals surface area contributed by atoms with E-state index in [0.717, 1.165) is 12.8 Å². The van der Waals surface area contributed by atoms with E-state index >= 15 is 0 Å². The van der Waals surface area contributed by atoms with E-state index in [9.17, 15) is 14.0 Å². The molecule has 0 spiro atoms. The normalized spacial score (nSPS) is 18.4. The number of hydrogen-bond donors (Lipinski definition) is 2. The average molecular weight is 342 g/mol. The van der Waals surface area contributed by atoms with Gasteiger partial charge in [0.05, 0.1) is 6.54 Å². The fourth-order valence-corrected chi connectivity index (χ4v) is 2.79. The molecule has 1 aromatic carbocycles. The highest BCUT2D eigenvalue weighted by atomic mass is 35.5. The standard InChI is InChI=1S/C16H21ClFN3O2/c1-21(9-11-12(17)5-4-6-13(11)18)10-15(22)20-14-7-2-3-8-19-16(14)23/h4-6,14H,2-3,7-10H2,1H3,(H,19,23)(H,20,22). The molecule has 1 aromatic rings. The molecule has 0 saturated carbocycles. The average Bonchev–Trinajstić information content (AvgIpc) is 2.68. The predicted octanol–water partition coefficient (Wildman–Crippen LogP) is 1.70. The van der Waals surface area contributed by atoms with Crippen molar-refractivity contribution >= 4 is 23.4 Å². The molecular formula is C16H21ClFN3O2. The Balaban J connectivity index is 1.88. The summed E-state index contributed by atoms with van der Waals surface area (Å²) in [6, 6.07) is 4.00. The molecule has 0 bridgehead atoms. The lowest BCUT2D eigenvalue weighted by molar-refractivity contribution is -0.129. The number of benzene rings is 1. The molecule has 1 atom stereocenters. The monoisotopic (exact) mass is 341 g/mol. The minimum atomic E-state index is -0.490. The number of carbonyl (C=O) groups excluding carboxylic acids is 2. The summed E-state index contributed by atoms with van der Waals surface area (Å²) < 4.78 is 13.8. The van der Waals surface area contributed by atoms with E-state index < -0.39 is 11.9 Å². The Bertz CT molecular complexity index is 562. The molecule has 1 saturated heterocycles. The quantitative estimate of drug-likeness (QED) is 0.857. The Hall–Kier alpha value is -1.66. The summed E-state index contributed by atoms with van der Waals surface area (Å²) in [7, 11) is 1.70.